The highest BCUT2D eigenvalue weighted by Gasteiger charge is 2.16. The smallest absolute Gasteiger partial charge is 0.0670 e. The van der Waals surface area contributed by atoms with E-state index in [0.29, 0.717) is 6.54 Å². The van der Waals surface area contributed by atoms with Gasteiger partial charge in [-0.1, -0.05) is 24.3 Å². The van der Waals surface area contributed by atoms with Crippen molar-refractivity contribution >= 4 is 5.69 Å². The number of para-hydroxylation sites is 1. The monoisotopic (exact) mass is 304 g/mol. The topological polar surface area (TPSA) is 35.9 Å². The van der Waals surface area contributed by atoms with Crippen LogP contribution in [0, 0.1) is 0 Å². The molecule has 4 nitrogen and oxygen atoms in total. The summed E-state index contributed by atoms with van der Waals surface area (Å²) in [6, 6.07) is 8.54. The SMILES string of the molecule is C=CCCC(O)CN(C)Cc1ccccc1N1CCOCC1. The fourth-order valence-corrected chi connectivity index (χ4v) is 2.87. The van der Waals surface area contributed by atoms with Crippen LogP contribution >= 0.6 is 0 Å². The summed E-state index contributed by atoms with van der Waals surface area (Å²) in [6.07, 6.45) is 3.20. The largest absolute Gasteiger partial charge is 0.392 e. The van der Waals surface area contributed by atoms with Crippen LogP contribution in [0.3, 0.4) is 0 Å². The summed E-state index contributed by atoms with van der Waals surface area (Å²) in [7, 11) is 2.06. The summed E-state index contributed by atoms with van der Waals surface area (Å²) in [5.41, 5.74) is 2.60. The van der Waals surface area contributed by atoms with Gasteiger partial charge in [0.2, 0.25) is 0 Å². The molecule has 22 heavy (non-hydrogen) atoms. The number of aliphatic hydroxyl groups is 1. The van der Waals surface area contributed by atoms with E-state index in [1.54, 1.807) is 0 Å². The van der Waals surface area contributed by atoms with Crippen LogP contribution in [0.15, 0.2) is 36.9 Å². The standard InChI is InChI=1S/C18H28N2O2/c1-3-4-8-17(21)15-19(2)14-16-7-5-6-9-18(16)20-10-12-22-13-11-20/h3,5-7,9,17,21H,1,4,8,10-15H2,2H3. The summed E-state index contributed by atoms with van der Waals surface area (Å²) < 4.78 is 5.44. The van der Waals surface area contributed by atoms with Gasteiger partial charge >= 0.3 is 0 Å². The number of aliphatic hydroxyl groups excluding tert-OH is 1. The molecule has 1 aromatic carbocycles. The quantitative estimate of drug-likeness (QED) is 0.748. The molecule has 0 spiro atoms. The van der Waals surface area contributed by atoms with Crippen molar-refractivity contribution in [1.82, 2.24) is 4.90 Å². The van der Waals surface area contributed by atoms with Crippen molar-refractivity contribution in [3.8, 4) is 0 Å². The Hall–Kier alpha value is -1.36. The normalized spacial score (nSPS) is 16.8. The van der Waals surface area contributed by atoms with Gasteiger partial charge in [0, 0.05) is 31.9 Å². The fraction of sp³-hybridized carbons (Fsp3) is 0.556. The molecule has 122 valence electrons. The second-order valence-electron chi connectivity index (χ2n) is 5.94. The van der Waals surface area contributed by atoms with Crippen LogP contribution in [0.5, 0.6) is 0 Å². The van der Waals surface area contributed by atoms with Crippen molar-refractivity contribution in [2.24, 2.45) is 0 Å². The highest BCUT2D eigenvalue weighted by Crippen LogP contribution is 2.22. The van der Waals surface area contributed by atoms with Gasteiger partial charge in [0.05, 0.1) is 19.3 Å². The molecule has 0 aliphatic carbocycles. The van der Waals surface area contributed by atoms with Crippen molar-refractivity contribution in [3.05, 3.63) is 42.5 Å². The first-order valence-electron chi connectivity index (χ1n) is 8.09. The number of benzene rings is 1. The Morgan fingerprint density at radius 3 is 2.82 bits per heavy atom. The summed E-state index contributed by atoms with van der Waals surface area (Å²) in [6.45, 7) is 8.72. The summed E-state index contributed by atoms with van der Waals surface area (Å²) in [5, 5.41) is 10.0. The molecule has 0 saturated carbocycles. The zero-order chi connectivity index (χ0) is 15.8. The van der Waals surface area contributed by atoms with Gasteiger partial charge in [-0.05, 0) is 31.5 Å². The molecule has 1 atom stereocenters. The molecule has 1 N–H and O–H groups in total. The van der Waals surface area contributed by atoms with E-state index >= 15 is 0 Å². The third-order valence-electron chi connectivity index (χ3n) is 4.01. The molecule has 1 saturated heterocycles. The van der Waals surface area contributed by atoms with E-state index < -0.39 is 0 Å². The first-order chi connectivity index (χ1) is 10.7. The molecule has 1 heterocycles. The van der Waals surface area contributed by atoms with Gasteiger partial charge in [0.25, 0.3) is 0 Å². The average Bonchev–Trinajstić information content (AvgIpc) is 2.54. The maximum Gasteiger partial charge on any atom is 0.0670 e. The molecule has 0 aromatic heterocycles. The lowest BCUT2D eigenvalue weighted by Gasteiger charge is -2.31. The molecular formula is C18H28N2O2. The molecular weight excluding hydrogens is 276 g/mol. The van der Waals surface area contributed by atoms with Crippen LogP contribution in [0.25, 0.3) is 0 Å². The van der Waals surface area contributed by atoms with E-state index in [-0.39, 0.29) is 6.10 Å². The van der Waals surface area contributed by atoms with Gasteiger partial charge in [-0.15, -0.1) is 6.58 Å². The number of morpholine rings is 1. The molecule has 1 fully saturated rings. The van der Waals surface area contributed by atoms with Crippen LogP contribution in [0.1, 0.15) is 18.4 Å². The van der Waals surface area contributed by atoms with Crippen LogP contribution in [0.4, 0.5) is 5.69 Å². The molecule has 0 bridgehead atoms. The molecule has 2 rings (SSSR count). The number of likely N-dealkylation sites (N-methyl/N-ethyl adjacent to an activating group) is 1. The zero-order valence-electron chi connectivity index (χ0n) is 13.6. The van der Waals surface area contributed by atoms with Crippen LogP contribution in [0.2, 0.25) is 0 Å². The Morgan fingerprint density at radius 2 is 2.09 bits per heavy atom. The second kappa shape index (κ2) is 8.93. The van der Waals surface area contributed by atoms with Crippen LogP contribution in [-0.4, -0.2) is 56.0 Å². The van der Waals surface area contributed by atoms with E-state index in [0.717, 1.165) is 45.7 Å². The Labute approximate surface area is 134 Å². The highest BCUT2D eigenvalue weighted by atomic mass is 16.5. The number of hydrogen-bond donors (Lipinski definition) is 1. The summed E-state index contributed by atoms with van der Waals surface area (Å²) >= 11 is 0. The van der Waals surface area contributed by atoms with Crippen molar-refractivity contribution < 1.29 is 9.84 Å². The predicted molar refractivity (Wildman–Crippen MR) is 91.2 cm³/mol. The summed E-state index contributed by atoms with van der Waals surface area (Å²) in [5.74, 6) is 0. The van der Waals surface area contributed by atoms with Crippen LogP contribution < -0.4 is 4.90 Å². The van der Waals surface area contributed by atoms with Crippen molar-refractivity contribution in [1.29, 1.82) is 0 Å². The van der Waals surface area contributed by atoms with Crippen molar-refractivity contribution in [2.45, 2.75) is 25.5 Å². The minimum atomic E-state index is -0.293. The Kier molecular flexibility index (Phi) is 6.90. The molecule has 1 unspecified atom stereocenters. The predicted octanol–water partition coefficient (Wildman–Crippen LogP) is 2.28. The molecule has 1 aliphatic heterocycles. The van der Waals surface area contributed by atoms with E-state index in [2.05, 4.69) is 47.7 Å². The maximum atomic E-state index is 10.0. The van der Waals surface area contributed by atoms with Gasteiger partial charge < -0.3 is 14.7 Å². The minimum absolute atomic E-state index is 0.293. The lowest BCUT2D eigenvalue weighted by atomic mass is 10.1. The van der Waals surface area contributed by atoms with E-state index in [9.17, 15) is 5.11 Å². The lowest BCUT2D eigenvalue weighted by Crippen LogP contribution is -2.37. The van der Waals surface area contributed by atoms with Crippen LogP contribution in [-0.2, 0) is 11.3 Å². The number of rotatable bonds is 8. The number of ether oxygens (including phenoxy) is 1. The zero-order valence-corrected chi connectivity index (χ0v) is 13.6. The van der Waals surface area contributed by atoms with Gasteiger partial charge in [-0.2, -0.15) is 0 Å². The summed E-state index contributed by atoms with van der Waals surface area (Å²) in [4.78, 5) is 4.58. The third-order valence-corrected chi connectivity index (χ3v) is 4.01. The fourth-order valence-electron chi connectivity index (χ4n) is 2.87. The van der Waals surface area contributed by atoms with E-state index in [1.807, 2.05) is 6.08 Å². The van der Waals surface area contributed by atoms with E-state index in [1.165, 1.54) is 11.3 Å². The van der Waals surface area contributed by atoms with Crippen molar-refractivity contribution in [2.75, 3.05) is 44.8 Å². The Balaban J connectivity index is 1.95. The Morgan fingerprint density at radius 1 is 1.36 bits per heavy atom. The molecule has 4 heteroatoms. The van der Waals surface area contributed by atoms with Gasteiger partial charge in [0.15, 0.2) is 0 Å². The second-order valence-corrected chi connectivity index (χ2v) is 5.94. The van der Waals surface area contributed by atoms with Gasteiger partial charge in [0.1, 0.15) is 0 Å². The Bertz CT molecular complexity index is 458. The average molecular weight is 304 g/mol. The molecule has 0 amide bonds. The number of nitrogens with zero attached hydrogens (tertiary/aromatic N) is 2. The molecule has 1 aromatic rings. The van der Waals surface area contributed by atoms with Gasteiger partial charge in [-0.25, -0.2) is 0 Å². The number of hydrogen-bond acceptors (Lipinski definition) is 4. The lowest BCUT2D eigenvalue weighted by molar-refractivity contribution is 0.115. The highest BCUT2D eigenvalue weighted by molar-refractivity contribution is 5.53. The molecule has 1 aliphatic rings. The molecule has 0 radical (unpaired) electrons. The number of anilines is 1. The maximum absolute atomic E-state index is 10.0. The third kappa shape index (κ3) is 5.13. The van der Waals surface area contributed by atoms with Gasteiger partial charge in [-0.3, -0.25) is 4.90 Å². The first-order valence-corrected chi connectivity index (χ1v) is 8.09. The first kappa shape index (κ1) is 17.0. The van der Waals surface area contributed by atoms with Crippen molar-refractivity contribution in [3.63, 3.8) is 0 Å². The van der Waals surface area contributed by atoms with E-state index in [4.69, 9.17) is 4.74 Å². The number of allylic oxidation sites excluding steroid dienone is 1. The minimum Gasteiger partial charge on any atom is -0.392 e.